The van der Waals surface area contributed by atoms with Crippen LogP contribution < -0.4 is 5.32 Å². The molecule has 3 heteroatoms. The molecule has 5 rings (SSSR count). The number of nitrogens with one attached hydrogen (secondary N) is 1. The van der Waals surface area contributed by atoms with E-state index in [1.807, 2.05) is 0 Å². The molecular weight excluding hydrogens is 406 g/mol. The summed E-state index contributed by atoms with van der Waals surface area (Å²) in [6.45, 7) is 7.95. The largest absolute Gasteiger partial charge is 0.387 e. The molecule has 4 aliphatic carbocycles. The average molecular weight is 454 g/mol. The van der Waals surface area contributed by atoms with E-state index in [-0.39, 0.29) is 0 Å². The van der Waals surface area contributed by atoms with Gasteiger partial charge in [-0.1, -0.05) is 37.3 Å². The van der Waals surface area contributed by atoms with Gasteiger partial charge < -0.3 is 15.2 Å². The van der Waals surface area contributed by atoms with Crippen LogP contribution in [0.15, 0.2) is 30.3 Å². The van der Waals surface area contributed by atoms with Crippen molar-refractivity contribution in [3.05, 3.63) is 35.9 Å². The van der Waals surface area contributed by atoms with Gasteiger partial charge in [0.25, 0.3) is 0 Å². The highest BCUT2D eigenvalue weighted by molar-refractivity contribution is 5.18. The van der Waals surface area contributed by atoms with E-state index in [1.165, 1.54) is 50.5 Å². The number of hydrogen-bond acceptors (Lipinski definition) is 3. The van der Waals surface area contributed by atoms with Crippen LogP contribution in [-0.4, -0.2) is 30.5 Å². The van der Waals surface area contributed by atoms with Crippen LogP contribution in [0.4, 0.5) is 0 Å². The zero-order valence-corrected chi connectivity index (χ0v) is 21.4. The molecule has 0 bridgehead atoms. The van der Waals surface area contributed by atoms with Gasteiger partial charge in [0.05, 0.1) is 12.2 Å². The van der Waals surface area contributed by atoms with Crippen LogP contribution in [0.25, 0.3) is 0 Å². The summed E-state index contributed by atoms with van der Waals surface area (Å²) in [4.78, 5) is 0. The Morgan fingerprint density at radius 2 is 1.73 bits per heavy atom. The summed E-state index contributed by atoms with van der Waals surface area (Å²) < 4.78 is 5.37. The highest BCUT2D eigenvalue weighted by atomic mass is 16.5. The number of ether oxygens (including phenoxy) is 1. The highest BCUT2D eigenvalue weighted by Crippen LogP contribution is 2.65. The molecule has 4 aliphatic rings. The quantitative estimate of drug-likeness (QED) is 0.526. The van der Waals surface area contributed by atoms with E-state index in [0.717, 1.165) is 42.4 Å². The molecule has 4 saturated carbocycles. The normalized spacial score (nSPS) is 44.4. The first-order valence-corrected chi connectivity index (χ1v) is 13.9. The second-order valence-electron chi connectivity index (χ2n) is 12.7. The Hall–Kier alpha value is -0.900. The van der Waals surface area contributed by atoms with E-state index < -0.39 is 5.60 Å². The molecule has 33 heavy (non-hydrogen) atoms. The average Bonchev–Trinajstić information content (AvgIpc) is 3.16. The van der Waals surface area contributed by atoms with Gasteiger partial charge in [-0.2, -0.15) is 0 Å². The lowest BCUT2D eigenvalue weighted by Gasteiger charge is -2.57. The molecule has 3 nitrogen and oxygen atoms in total. The Labute approximate surface area is 202 Å². The summed E-state index contributed by atoms with van der Waals surface area (Å²) >= 11 is 0. The minimum absolute atomic E-state index is 0.406. The molecule has 0 saturated heterocycles. The van der Waals surface area contributed by atoms with E-state index >= 15 is 0 Å². The smallest absolute Gasteiger partial charge is 0.0882 e. The van der Waals surface area contributed by atoms with Gasteiger partial charge in [-0.15, -0.1) is 0 Å². The summed E-state index contributed by atoms with van der Waals surface area (Å²) in [5.41, 5.74) is 1.32. The molecule has 0 radical (unpaired) electrons. The fraction of sp³-hybridized carbons (Fsp3) is 0.800. The molecule has 10 atom stereocenters. The predicted octanol–water partition coefficient (Wildman–Crippen LogP) is 6.37. The zero-order chi connectivity index (χ0) is 23.2. The molecule has 0 heterocycles. The Balaban J connectivity index is 1.26. The Morgan fingerprint density at radius 1 is 0.970 bits per heavy atom. The van der Waals surface area contributed by atoms with E-state index in [0.29, 0.717) is 30.0 Å². The summed E-state index contributed by atoms with van der Waals surface area (Å²) in [6, 6.07) is 11.9. The molecule has 2 N–H and O–H groups in total. The van der Waals surface area contributed by atoms with Crippen molar-refractivity contribution in [3.8, 4) is 0 Å². The highest BCUT2D eigenvalue weighted by Gasteiger charge is 2.58. The van der Waals surface area contributed by atoms with Gasteiger partial charge in [-0.3, -0.25) is 0 Å². The lowest BCUT2D eigenvalue weighted by Crippen LogP contribution is -2.53. The van der Waals surface area contributed by atoms with Gasteiger partial charge in [0.15, 0.2) is 0 Å². The number of benzene rings is 1. The van der Waals surface area contributed by atoms with Crippen molar-refractivity contribution in [2.45, 2.75) is 96.2 Å². The van der Waals surface area contributed by atoms with Crippen LogP contribution >= 0.6 is 0 Å². The first kappa shape index (κ1) is 23.8. The van der Waals surface area contributed by atoms with Crippen LogP contribution in [0.1, 0.15) is 90.2 Å². The minimum atomic E-state index is -0.569. The molecule has 0 aromatic heterocycles. The van der Waals surface area contributed by atoms with E-state index in [9.17, 15) is 5.11 Å². The van der Waals surface area contributed by atoms with Crippen molar-refractivity contribution >= 4 is 0 Å². The van der Waals surface area contributed by atoms with Crippen LogP contribution in [0.3, 0.4) is 0 Å². The molecule has 4 fully saturated rings. The van der Waals surface area contributed by atoms with Crippen LogP contribution in [0.2, 0.25) is 0 Å². The molecule has 1 aromatic rings. The van der Waals surface area contributed by atoms with Crippen molar-refractivity contribution < 1.29 is 9.84 Å². The molecule has 1 aromatic carbocycles. The van der Waals surface area contributed by atoms with Gasteiger partial charge in [0, 0.05) is 19.2 Å². The fourth-order valence-electron chi connectivity index (χ4n) is 9.57. The number of fused-ring (bicyclic) bond motifs is 5. The molecule has 184 valence electrons. The zero-order valence-electron chi connectivity index (χ0n) is 21.4. The maximum absolute atomic E-state index is 11.0. The molecule has 0 aliphatic heterocycles. The second kappa shape index (κ2) is 9.28. The Kier molecular flexibility index (Phi) is 6.70. The summed E-state index contributed by atoms with van der Waals surface area (Å²) in [5, 5.41) is 15.0. The Morgan fingerprint density at radius 3 is 2.48 bits per heavy atom. The van der Waals surface area contributed by atoms with Gasteiger partial charge in [-0.05, 0) is 118 Å². The van der Waals surface area contributed by atoms with Gasteiger partial charge in [-0.25, -0.2) is 0 Å². The fourth-order valence-corrected chi connectivity index (χ4v) is 9.57. The molecule has 0 unspecified atom stereocenters. The molecule has 0 amide bonds. The molecular formula is C30H47NO2. The Bertz CT molecular complexity index is 798. The van der Waals surface area contributed by atoms with Crippen molar-refractivity contribution in [2.24, 2.45) is 40.9 Å². The van der Waals surface area contributed by atoms with Crippen molar-refractivity contribution in [2.75, 3.05) is 13.7 Å². The lowest BCUT2D eigenvalue weighted by molar-refractivity contribution is -0.125. The number of rotatable bonds is 6. The summed E-state index contributed by atoms with van der Waals surface area (Å²) in [7, 11) is 1.73. The third-order valence-electron chi connectivity index (χ3n) is 11.0. The lowest BCUT2D eigenvalue weighted by atomic mass is 9.48. The first-order chi connectivity index (χ1) is 15.8. The maximum atomic E-state index is 11.0. The van der Waals surface area contributed by atoms with E-state index in [1.54, 1.807) is 7.11 Å². The van der Waals surface area contributed by atoms with Crippen LogP contribution in [0, 0.1) is 40.9 Å². The number of aliphatic hydroxyl groups is 1. The standard InChI is InChI=1S/C30H47NO2/c1-20(22-8-6-5-7-9-22)31-21(2)27-12-13-28-26-11-10-23-18-30(32,19-33-4)17-15-24(23)25(26)14-16-29(27,28)3/h5-9,20-21,23-28,31-32H,10-19H2,1-4H3/t20-,21-,23-,24+,25-,26-,27-,28+,29-,30-/m1/s1. The SMILES string of the molecule is COC[C@@]1(O)CC[C@H]2[C@H](CC[C@@H]3[C@@H]2CC[C@]2(C)[C@@H]([C@@H](C)N[C@H](C)c4ccccc4)CC[C@@H]32)C1. The van der Waals surface area contributed by atoms with E-state index in [4.69, 9.17) is 4.74 Å². The number of hydrogen-bond donors (Lipinski definition) is 2. The van der Waals surface area contributed by atoms with Crippen LogP contribution in [0.5, 0.6) is 0 Å². The third-order valence-corrected chi connectivity index (χ3v) is 11.0. The second-order valence-corrected chi connectivity index (χ2v) is 12.7. The maximum Gasteiger partial charge on any atom is 0.0882 e. The van der Waals surface area contributed by atoms with Crippen LogP contribution in [-0.2, 0) is 4.74 Å². The van der Waals surface area contributed by atoms with Gasteiger partial charge in [0.1, 0.15) is 0 Å². The predicted molar refractivity (Wildman–Crippen MR) is 135 cm³/mol. The van der Waals surface area contributed by atoms with Crippen molar-refractivity contribution in [3.63, 3.8) is 0 Å². The minimum Gasteiger partial charge on any atom is -0.387 e. The molecule has 0 spiro atoms. The topological polar surface area (TPSA) is 41.5 Å². The first-order valence-electron chi connectivity index (χ1n) is 13.9. The third kappa shape index (κ3) is 4.32. The van der Waals surface area contributed by atoms with Crippen molar-refractivity contribution in [1.29, 1.82) is 0 Å². The van der Waals surface area contributed by atoms with Gasteiger partial charge in [0.2, 0.25) is 0 Å². The summed E-state index contributed by atoms with van der Waals surface area (Å²) in [6.07, 6.45) is 11.5. The number of methoxy groups -OCH3 is 1. The van der Waals surface area contributed by atoms with Crippen molar-refractivity contribution in [1.82, 2.24) is 5.32 Å². The summed E-state index contributed by atoms with van der Waals surface area (Å²) in [5.74, 6) is 5.07. The van der Waals surface area contributed by atoms with Gasteiger partial charge >= 0.3 is 0 Å². The monoisotopic (exact) mass is 453 g/mol. The van der Waals surface area contributed by atoms with E-state index in [2.05, 4.69) is 56.4 Å².